The van der Waals surface area contributed by atoms with Gasteiger partial charge in [0.05, 0.1) is 6.61 Å². The van der Waals surface area contributed by atoms with Crippen molar-refractivity contribution in [3.05, 3.63) is 0 Å². The second kappa shape index (κ2) is 9.19. The van der Waals surface area contributed by atoms with E-state index in [1.54, 1.807) is 0 Å². The van der Waals surface area contributed by atoms with Gasteiger partial charge in [-0.25, -0.2) is 0 Å². The number of esters is 1. The molecule has 0 aliphatic rings. The van der Waals surface area contributed by atoms with Gasteiger partial charge < -0.3 is 9.84 Å². The average Bonchev–Trinajstić information content (AvgIpc) is 2.19. The molecule has 4 heteroatoms. The summed E-state index contributed by atoms with van der Waals surface area (Å²) in [6.07, 6.45) is 3.55. The molecule has 0 spiro atoms. The summed E-state index contributed by atoms with van der Waals surface area (Å²) in [7, 11) is 0. The maximum atomic E-state index is 11.2. The van der Waals surface area contributed by atoms with Crippen molar-refractivity contribution < 1.29 is 19.4 Å². The van der Waals surface area contributed by atoms with E-state index in [9.17, 15) is 9.59 Å². The lowest BCUT2D eigenvalue weighted by Gasteiger charge is -2.06. The second-order valence-corrected chi connectivity index (χ2v) is 4.36. The van der Waals surface area contributed by atoms with Crippen LogP contribution in [0.15, 0.2) is 0 Å². The summed E-state index contributed by atoms with van der Waals surface area (Å²) in [4.78, 5) is 21.4. The SMILES string of the molecule is CC(C)CCCOC(=O)CCCCC(=O)O. The molecular weight excluding hydrogens is 208 g/mol. The molecule has 0 atom stereocenters. The van der Waals surface area contributed by atoms with Gasteiger partial charge >= 0.3 is 11.9 Å². The Bertz CT molecular complexity index is 211. The monoisotopic (exact) mass is 230 g/mol. The average molecular weight is 230 g/mol. The number of rotatable bonds is 9. The van der Waals surface area contributed by atoms with Gasteiger partial charge in [-0.1, -0.05) is 13.8 Å². The normalized spacial score (nSPS) is 10.4. The third kappa shape index (κ3) is 11.0. The van der Waals surface area contributed by atoms with Crippen LogP contribution in [0.3, 0.4) is 0 Å². The van der Waals surface area contributed by atoms with E-state index in [2.05, 4.69) is 13.8 Å². The van der Waals surface area contributed by atoms with Crippen LogP contribution in [0.25, 0.3) is 0 Å². The molecule has 0 radical (unpaired) electrons. The molecule has 0 aromatic heterocycles. The lowest BCUT2D eigenvalue weighted by atomic mass is 10.1. The van der Waals surface area contributed by atoms with Crippen LogP contribution in [0, 0.1) is 5.92 Å². The Kier molecular flexibility index (Phi) is 8.58. The highest BCUT2D eigenvalue weighted by atomic mass is 16.5. The van der Waals surface area contributed by atoms with Crippen LogP contribution < -0.4 is 0 Å². The fourth-order valence-corrected chi connectivity index (χ4v) is 1.30. The van der Waals surface area contributed by atoms with Crippen molar-refractivity contribution in [2.24, 2.45) is 5.92 Å². The number of unbranched alkanes of at least 4 members (excludes halogenated alkanes) is 1. The first-order chi connectivity index (χ1) is 7.52. The minimum absolute atomic E-state index is 0.126. The Morgan fingerprint density at radius 2 is 1.75 bits per heavy atom. The zero-order valence-electron chi connectivity index (χ0n) is 10.2. The van der Waals surface area contributed by atoms with Crippen LogP contribution in [-0.4, -0.2) is 23.7 Å². The Labute approximate surface area is 97.0 Å². The van der Waals surface area contributed by atoms with E-state index >= 15 is 0 Å². The number of aliphatic carboxylic acids is 1. The van der Waals surface area contributed by atoms with E-state index in [0.29, 0.717) is 31.8 Å². The molecule has 0 saturated heterocycles. The Hall–Kier alpha value is -1.06. The van der Waals surface area contributed by atoms with Crippen molar-refractivity contribution in [3.63, 3.8) is 0 Å². The van der Waals surface area contributed by atoms with Gasteiger partial charge in [-0.3, -0.25) is 9.59 Å². The van der Waals surface area contributed by atoms with Gasteiger partial charge in [-0.05, 0) is 31.6 Å². The summed E-state index contributed by atoms with van der Waals surface area (Å²) < 4.78 is 5.01. The first-order valence-corrected chi connectivity index (χ1v) is 5.89. The Balaban J connectivity index is 3.28. The number of hydrogen-bond acceptors (Lipinski definition) is 3. The quantitative estimate of drug-likeness (QED) is 0.488. The molecule has 0 rings (SSSR count). The van der Waals surface area contributed by atoms with E-state index in [1.807, 2.05) is 0 Å². The molecule has 0 bridgehead atoms. The zero-order chi connectivity index (χ0) is 12.4. The number of carbonyl (C=O) groups excluding carboxylic acids is 1. The molecular formula is C12H22O4. The summed E-state index contributed by atoms with van der Waals surface area (Å²) in [5.74, 6) is -0.395. The standard InChI is InChI=1S/C12H22O4/c1-10(2)6-5-9-16-12(15)8-4-3-7-11(13)14/h10H,3-9H2,1-2H3,(H,13,14). The van der Waals surface area contributed by atoms with Gasteiger partial charge in [-0.15, -0.1) is 0 Å². The smallest absolute Gasteiger partial charge is 0.305 e. The van der Waals surface area contributed by atoms with Crippen molar-refractivity contribution in [1.82, 2.24) is 0 Å². The van der Waals surface area contributed by atoms with Crippen molar-refractivity contribution in [1.29, 1.82) is 0 Å². The fourth-order valence-electron chi connectivity index (χ4n) is 1.30. The van der Waals surface area contributed by atoms with Gasteiger partial charge in [0.1, 0.15) is 0 Å². The van der Waals surface area contributed by atoms with E-state index in [-0.39, 0.29) is 12.4 Å². The molecule has 0 amide bonds. The van der Waals surface area contributed by atoms with Gasteiger partial charge in [0.15, 0.2) is 0 Å². The number of carboxylic acids is 1. The summed E-state index contributed by atoms with van der Waals surface area (Å²) in [5, 5.41) is 8.39. The van der Waals surface area contributed by atoms with Crippen LogP contribution in [0.2, 0.25) is 0 Å². The number of hydrogen-bond donors (Lipinski definition) is 1. The third-order valence-electron chi connectivity index (χ3n) is 2.21. The number of ether oxygens (including phenoxy) is 1. The van der Waals surface area contributed by atoms with Gasteiger partial charge in [0.25, 0.3) is 0 Å². The van der Waals surface area contributed by atoms with Crippen LogP contribution in [0.1, 0.15) is 52.4 Å². The van der Waals surface area contributed by atoms with E-state index in [1.165, 1.54) is 0 Å². The molecule has 0 saturated carbocycles. The van der Waals surface area contributed by atoms with E-state index in [0.717, 1.165) is 12.8 Å². The molecule has 0 unspecified atom stereocenters. The minimum Gasteiger partial charge on any atom is -0.481 e. The number of carboxylic acid groups (broad SMARTS) is 1. The van der Waals surface area contributed by atoms with Crippen molar-refractivity contribution in [2.45, 2.75) is 52.4 Å². The van der Waals surface area contributed by atoms with Crippen LogP contribution in [0.4, 0.5) is 0 Å². The molecule has 0 aliphatic carbocycles. The van der Waals surface area contributed by atoms with Crippen LogP contribution in [-0.2, 0) is 14.3 Å². The highest BCUT2D eigenvalue weighted by molar-refractivity contribution is 5.69. The molecule has 0 heterocycles. The predicted molar refractivity (Wildman–Crippen MR) is 61.1 cm³/mol. The summed E-state index contributed by atoms with van der Waals surface area (Å²) in [5.41, 5.74) is 0. The van der Waals surface area contributed by atoms with Crippen molar-refractivity contribution in [2.75, 3.05) is 6.61 Å². The first kappa shape index (κ1) is 14.9. The Morgan fingerprint density at radius 1 is 1.12 bits per heavy atom. The third-order valence-corrected chi connectivity index (χ3v) is 2.21. The molecule has 0 aliphatic heterocycles. The lowest BCUT2D eigenvalue weighted by molar-refractivity contribution is -0.144. The zero-order valence-corrected chi connectivity index (χ0v) is 10.2. The fraction of sp³-hybridized carbons (Fsp3) is 0.833. The first-order valence-electron chi connectivity index (χ1n) is 5.89. The van der Waals surface area contributed by atoms with Crippen LogP contribution >= 0.6 is 0 Å². The lowest BCUT2D eigenvalue weighted by Crippen LogP contribution is -2.06. The predicted octanol–water partition coefficient (Wildman–Crippen LogP) is 2.61. The molecule has 16 heavy (non-hydrogen) atoms. The topological polar surface area (TPSA) is 63.6 Å². The maximum absolute atomic E-state index is 11.2. The molecule has 0 fully saturated rings. The van der Waals surface area contributed by atoms with Crippen molar-refractivity contribution in [3.8, 4) is 0 Å². The summed E-state index contributed by atoms with van der Waals surface area (Å²) in [6.45, 7) is 4.75. The largest absolute Gasteiger partial charge is 0.481 e. The molecule has 1 N–H and O–H groups in total. The van der Waals surface area contributed by atoms with Gasteiger partial charge in [0.2, 0.25) is 0 Å². The van der Waals surface area contributed by atoms with Crippen molar-refractivity contribution >= 4 is 11.9 Å². The van der Waals surface area contributed by atoms with Gasteiger partial charge in [-0.2, -0.15) is 0 Å². The van der Waals surface area contributed by atoms with Crippen LogP contribution in [0.5, 0.6) is 0 Å². The highest BCUT2D eigenvalue weighted by Gasteiger charge is 2.04. The summed E-state index contributed by atoms with van der Waals surface area (Å²) >= 11 is 0. The van der Waals surface area contributed by atoms with Gasteiger partial charge in [0, 0.05) is 12.8 Å². The van der Waals surface area contributed by atoms with E-state index in [4.69, 9.17) is 9.84 Å². The second-order valence-electron chi connectivity index (χ2n) is 4.36. The maximum Gasteiger partial charge on any atom is 0.305 e. The Morgan fingerprint density at radius 3 is 2.31 bits per heavy atom. The number of carbonyl (C=O) groups is 2. The molecule has 0 aromatic carbocycles. The molecule has 94 valence electrons. The highest BCUT2D eigenvalue weighted by Crippen LogP contribution is 2.05. The summed E-state index contributed by atoms with van der Waals surface area (Å²) in [6, 6.07) is 0. The molecule has 4 nitrogen and oxygen atoms in total. The van der Waals surface area contributed by atoms with E-state index < -0.39 is 5.97 Å². The minimum atomic E-state index is -0.815. The molecule has 0 aromatic rings.